The summed E-state index contributed by atoms with van der Waals surface area (Å²) in [6.07, 6.45) is 1.62. The number of furan rings is 1. The van der Waals surface area contributed by atoms with Gasteiger partial charge in [0.2, 0.25) is 0 Å². The minimum absolute atomic E-state index is 0.0722. The molecule has 3 rings (SSSR count). The lowest BCUT2D eigenvalue weighted by Gasteiger charge is -2.34. The van der Waals surface area contributed by atoms with Gasteiger partial charge >= 0.3 is 5.51 Å². The van der Waals surface area contributed by atoms with Gasteiger partial charge in [-0.3, -0.25) is 4.90 Å². The highest BCUT2D eigenvalue weighted by Crippen LogP contribution is 2.38. The molecule has 1 aliphatic rings. The minimum Gasteiger partial charge on any atom is -0.467 e. The van der Waals surface area contributed by atoms with Gasteiger partial charge in [-0.15, -0.1) is 0 Å². The maximum absolute atomic E-state index is 12.4. The van der Waals surface area contributed by atoms with Gasteiger partial charge in [-0.2, -0.15) is 13.2 Å². The molecule has 0 radical (unpaired) electrons. The summed E-state index contributed by atoms with van der Waals surface area (Å²) >= 11 is -0.0928. The Hall–Kier alpha value is -1.44. The molecule has 0 saturated carbocycles. The number of piperazine rings is 1. The van der Waals surface area contributed by atoms with Gasteiger partial charge in [0.15, 0.2) is 0 Å². The van der Waals surface area contributed by atoms with E-state index in [1.54, 1.807) is 18.4 Å². The molecule has 1 saturated heterocycles. The Balaban J connectivity index is 1.84. The van der Waals surface area contributed by atoms with Crippen molar-refractivity contribution in [2.24, 2.45) is 0 Å². The van der Waals surface area contributed by atoms with Crippen LogP contribution < -0.4 is 5.32 Å². The molecule has 1 fully saturated rings. The van der Waals surface area contributed by atoms with Crippen molar-refractivity contribution >= 4 is 11.8 Å². The molecule has 0 bridgehead atoms. The summed E-state index contributed by atoms with van der Waals surface area (Å²) in [7, 11) is 0. The van der Waals surface area contributed by atoms with Crippen LogP contribution in [-0.2, 0) is 0 Å². The average Bonchev–Trinajstić information content (AvgIpc) is 3.03. The SMILES string of the molecule is FC(F)(F)Sc1ccc([C@@H](c2ccco2)N2CCNCC2)cc1. The van der Waals surface area contributed by atoms with Crippen LogP contribution in [0.15, 0.2) is 52.0 Å². The normalized spacial score (nSPS) is 18.0. The van der Waals surface area contributed by atoms with Crippen LogP contribution in [-0.4, -0.2) is 36.6 Å². The summed E-state index contributed by atoms with van der Waals surface area (Å²) in [5, 5.41) is 3.30. The molecule has 1 aromatic heterocycles. The van der Waals surface area contributed by atoms with Gasteiger partial charge in [-0.1, -0.05) is 12.1 Å². The highest BCUT2D eigenvalue weighted by Gasteiger charge is 2.30. The number of nitrogens with zero attached hydrogens (tertiary/aromatic N) is 1. The van der Waals surface area contributed by atoms with Gasteiger partial charge < -0.3 is 9.73 Å². The number of hydrogen-bond donors (Lipinski definition) is 1. The standard InChI is InChI=1S/C16H17F3N2OS/c17-16(18,19)23-13-5-3-12(4-6-13)15(14-2-1-11-22-14)21-9-7-20-8-10-21/h1-6,11,15,20H,7-10H2/t15-/m0/s1. The molecule has 124 valence electrons. The fourth-order valence-corrected chi connectivity index (χ4v) is 3.33. The van der Waals surface area contributed by atoms with Gasteiger partial charge in [0.1, 0.15) is 5.76 Å². The van der Waals surface area contributed by atoms with Crippen LogP contribution in [0, 0.1) is 0 Å². The lowest BCUT2D eigenvalue weighted by Crippen LogP contribution is -2.45. The van der Waals surface area contributed by atoms with Crippen LogP contribution in [0.25, 0.3) is 0 Å². The van der Waals surface area contributed by atoms with Crippen molar-refractivity contribution < 1.29 is 17.6 Å². The Morgan fingerprint density at radius 3 is 2.35 bits per heavy atom. The Bertz CT molecular complexity index is 607. The molecule has 7 heteroatoms. The van der Waals surface area contributed by atoms with Gasteiger partial charge in [0.25, 0.3) is 0 Å². The molecular formula is C16H17F3N2OS. The van der Waals surface area contributed by atoms with Crippen LogP contribution in [0.4, 0.5) is 13.2 Å². The fourth-order valence-electron chi connectivity index (χ4n) is 2.79. The number of rotatable bonds is 4. The van der Waals surface area contributed by atoms with E-state index in [1.807, 2.05) is 12.1 Å². The van der Waals surface area contributed by atoms with E-state index >= 15 is 0 Å². The quantitative estimate of drug-likeness (QED) is 0.854. The van der Waals surface area contributed by atoms with E-state index in [1.165, 1.54) is 12.1 Å². The minimum atomic E-state index is -4.26. The molecule has 0 spiro atoms. The van der Waals surface area contributed by atoms with Crippen molar-refractivity contribution in [3.63, 3.8) is 0 Å². The van der Waals surface area contributed by atoms with E-state index in [4.69, 9.17) is 4.42 Å². The predicted octanol–water partition coefficient (Wildman–Crippen LogP) is 3.89. The zero-order valence-corrected chi connectivity index (χ0v) is 13.2. The number of benzene rings is 1. The Morgan fingerprint density at radius 1 is 1.09 bits per heavy atom. The first kappa shape index (κ1) is 16.4. The highest BCUT2D eigenvalue weighted by molar-refractivity contribution is 8.00. The molecule has 1 aliphatic heterocycles. The molecule has 0 amide bonds. The maximum atomic E-state index is 12.4. The first-order chi connectivity index (χ1) is 11.0. The number of hydrogen-bond acceptors (Lipinski definition) is 4. The van der Waals surface area contributed by atoms with Crippen LogP contribution in [0.3, 0.4) is 0 Å². The average molecular weight is 342 g/mol. The fraction of sp³-hybridized carbons (Fsp3) is 0.375. The summed E-state index contributed by atoms with van der Waals surface area (Å²) in [6, 6.07) is 10.2. The van der Waals surface area contributed by atoms with E-state index in [0.717, 1.165) is 37.5 Å². The third-order valence-electron chi connectivity index (χ3n) is 3.76. The monoisotopic (exact) mass is 342 g/mol. The molecule has 1 N–H and O–H groups in total. The molecule has 1 atom stereocenters. The molecule has 23 heavy (non-hydrogen) atoms. The number of nitrogens with one attached hydrogen (secondary N) is 1. The van der Waals surface area contributed by atoms with Gasteiger partial charge in [-0.05, 0) is 41.6 Å². The second kappa shape index (κ2) is 6.98. The Morgan fingerprint density at radius 2 is 1.78 bits per heavy atom. The van der Waals surface area contributed by atoms with Crippen molar-refractivity contribution in [2.45, 2.75) is 16.4 Å². The van der Waals surface area contributed by atoms with Crippen molar-refractivity contribution in [1.82, 2.24) is 10.2 Å². The van der Waals surface area contributed by atoms with E-state index in [0.29, 0.717) is 0 Å². The zero-order chi connectivity index (χ0) is 16.3. The first-order valence-electron chi connectivity index (χ1n) is 7.37. The molecule has 2 aromatic rings. The molecule has 2 heterocycles. The molecule has 3 nitrogen and oxygen atoms in total. The number of halogens is 3. The second-order valence-electron chi connectivity index (χ2n) is 5.32. The summed E-state index contributed by atoms with van der Waals surface area (Å²) < 4.78 is 42.9. The van der Waals surface area contributed by atoms with Crippen LogP contribution >= 0.6 is 11.8 Å². The van der Waals surface area contributed by atoms with E-state index in [2.05, 4.69) is 10.2 Å². The van der Waals surface area contributed by atoms with Crippen LogP contribution in [0.1, 0.15) is 17.4 Å². The second-order valence-corrected chi connectivity index (χ2v) is 6.46. The Labute approximate surface area is 136 Å². The first-order valence-corrected chi connectivity index (χ1v) is 8.18. The van der Waals surface area contributed by atoms with Gasteiger partial charge in [0.05, 0.1) is 12.3 Å². The van der Waals surface area contributed by atoms with Crippen LogP contribution in [0.5, 0.6) is 0 Å². The van der Waals surface area contributed by atoms with Crippen LogP contribution in [0.2, 0.25) is 0 Å². The largest absolute Gasteiger partial charge is 0.467 e. The van der Waals surface area contributed by atoms with E-state index in [-0.39, 0.29) is 22.7 Å². The molecule has 0 aliphatic carbocycles. The van der Waals surface area contributed by atoms with Crippen molar-refractivity contribution in [2.75, 3.05) is 26.2 Å². The van der Waals surface area contributed by atoms with Gasteiger partial charge in [0, 0.05) is 31.1 Å². The lowest BCUT2D eigenvalue weighted by molar-refractivity contribution is -0.0328. The van der Waals surface area contributed by atoms with Crippen molar-refractivity contribution in [1.29, 1.82) is 0 Å². The third-order valence-corrected chi connectivity index (χ3v) is 4.50. The van der Waals surface area contributed by atoms with E-state index in [9.17, 15) is 13.2 Å². The summed E-state index contributed by atoms with van der Waals surface area (Å²) in [5.74, 6) is 0.808. The summed E-state index contributed by atoms with van der Waals surface area (Å²) in [6.45, 7) is 3.51. The lowest BCUT2D eigenvalue weighted by atomic mass is 10.0. The summed E-state index contributed by atoms with van der Waals surface area (Å²) in [5.41, 5.74) is -3.33. The zero-order valence-electron chi connectivity index (χ0n) is 12.3. The molecule has 1 aromatic carbocycles. The Kier molecular flexibility index (Phi) is 4.99. The van der Waals surface area contributed by atoms with Crippen molar-refractivity contribution in [3.8, 4) is 0 Å². The van der Waals surface area contributed by atoms with E-state index < -0.39 is 5.51 Å². The third kappa shape index (κ3) is 4.31. The summed E-state index contributed by atoms with van der Waals surface area (Å²) in [4.78, 5) is 2.47. The predicted molar refractivity (Wildman–Crippen MR) is 83.3 cm³/mol. The highest BCUT2D eigenvalue weighted by atomic mass is 32.2. The van der Waals surface area contributed by atoms with Gasteiger partial charge in [-0.25, -0.2) is 0 Å². The number of thioether (sulfide) groups is 1. The van der Waals surface area contributed by atoms with Crippen molar-refractivity contribution in [3.05, 3.63) is 54.0 Å². The topological polar surface area (TPSA) is 28.4 Å². The maximum Gasteiger partial charge on any atom is 0.446 e. The smallest absolute Gasteiger partial charge is 0.446 e. The molecular weight excluding hydrogens is 325 g/mol. The number of alkyl halides is 3. The molecule has 0 unspecified atom stereocenters.